The summed E-state index contributed by atoms with van der Waals surface area (Å²) in [6, 6.07) is 17.5. The number of rotatable bonds is 5. The van der Waals surface area contributed by atoms with Gasteiger partial charge in [-0.15, -0.1) is 0 Å². The summed E-state index contributed by atoms with van der Waals surface area (Å²) < 4.78 is 0. The Kier molecular flexibility index (Phi) is 4.71. The lowest BCUT2D eigenvalue weighted by Gasteiger charge is -2.23. The molecule has 0 spiro atoms. The van der Waals surface area contributed by atoms with Crippen molar-refractivity contribution in [1.29, 1.82) is 0 Å². The number of pyridine rings is 1. The van der Waals surface area contributed by atoms with E-state index >= 15 is 0 Å². The summed E-state index contributed by atoms with van der Waals surface area (Å²) in [4.78, 5) is 31.3. The Hall–Kier alpha value is -3.02. The Morgan fingerprint density at radius 2 is 1.82 bits per heavy atom. The fourth-order valence-electron chi connectivity index (χ4n) is 3.49. The van der Waals surface area contributed by atoms with Crippen LogP contribution in [0.4, 0.5) is 5.69 Å². The number of aliphatic hydroxyl groups is 1. The normalized spacial score (nSPS) is 18.2. The van der Waals surface area contributed by atoms with E-state index in [9.17, 15) is 14.7 Å². The van der Waals surface area contributed by atoms with Crippen molar-refractivity contribution in [1.82, 2.24) is 4.98 Å². The van der Waals surface area contributed by atoms with Crippen molar-refractivity contribution < 1.29 is 14.7 Å². The molecule has 0 bridgehead atoms. The number of nitrogens with zero attached hydrogens (tertiary/aromatic N) is 2. The summed E-state index contributed by atoms with van der Waals surface area (Å²) in [6.45, 7) is 0.207. The highest BCUT2D eigenvalue weighted by molar-refractivity contribution is 6.31. The molecule has 1 N–H and O–H groups in total. The van der Waals surface area contributed by atoms with E-state index in [-0.39, 0.29) is 18.7 Å². The van der Waals surface area contributed by atoms with E-state index in [4.69, 9.17) is 11.6 Å². The smallest absolute Gasteiger partial charge is 0.264 e. The first kappa shape index (κ1) is 18.3. The minimum Gasteiger partial charge on any atom is -0.375 e. The van der Waals surface area contributed by atoms with Crippen LogP contribution in [-0.2, 0) is 16.9 Å². The number of hydrogen-bond acceptors (Lipinski definition) is 4. The molecule has 1 aliphatic heterocycles. The topological polar surface area (TPSA) is 70.5 Å². The van der Waals surface area contributed by atoms with E-state index in [1.165, 1.54) is 11.1 Å². The summed E-state index contributed by atoms with van der Waals surface area (Å²) in [5, 5.41) is 11.8. The van der Waals surface area contributed by atoms with Crippen LogP contribution in [0.1, 0.15) is 27.9 Å². The number of benzene rings is 2. The summed E-state index contributed by atoms with van der Waals surface area (Å²) in [5.41, 5.74) is 0.184. The van der Waals surface area contributed by atoms with E-state index in [0.29, 0.717) is 21.8 Å². The number of ketones is 1. The van der Waals surface area contributed by atoms with Gasteiger partial charge < -0.3 is 10.0 Å². The van der Waals surface area contributed by atoms with E-state index in [0.717, 1.165) is 5.56 Å². The Bertz CT molecular complexity index is 1050. The van der Waals surface area contributed by atoms with Gasteiger partial charge in [-0.1, -0.05) is 48.0 Å². The molecule has 1 unspecified atom stereocenters. The zero-order chi connectivity index (χ0) is 19.7. The molecule has 28 heavy (non-hydrogen) atoms. The predicted octanol–water partition coefficient (Wildman–Crippen LogP) is 3.74. The highest BCUT2D eigenvalue weighted by Crippen LogP contribution is 2.43. The minimum absolute atomic E-state index is 0.207. The third kappa shape index (κ3) is 3.09. The summed E-state index contributed by atoms with van der Waals surface area (Å²) in [6.07, 6.45) is 2.64. The average Bonchev–Trinajstić information content (AvgIpc) is 2.92. The fourth-order valence-corrected chi connectivity index (χ4v) is 3.69. The molecule has 0 radical (unpaired) electrons. The van der Waals surface area contributed by atoms with Crippen LogP contribution in [0.25, 0.3) is 0 Å². The van der Waals surface area contributed by atoms with Gasteiger partial charge in [0.2, 0.25) is 0 Å². The molecule has 0 fully saturated rings. The second kappa shape index (κ2) is 7.19. The van der Waals surface area contributed by atoms with Crippen LogP contribution < -0.4 is 4.90 Å². The summed E-state index contributed by atoms with van der Waals surface area (Å²) in [7, 11) is 0. The molecule has 1 amide bonds. The lowest BCUT2D eigenvalue weighted by atomic mass is 9.88. The molecule has 0 saturated heterocycles. The molecule has 0 saturated carbocycles. The molecule has 0 aliphatic carbocycles. The number of anilines is 1. The Labute approximate surface area is 167 Å². The standard InChI is InChI=1S/C22H17ClN2O3/c23-18-9-3-1-6-16(18)14-25-19-10-4-2-8-17(19)22(28,21(25)27)12-20(26)15-7-5-11-24-13-15/h1-11,13,28H,12,14H2. The van der Waals surface area contributed by atoms with Crippen molar-refractivity contribution >= 4 is 29.0 Å². The van der Waals surface area contributed by atoms with Gasteiger partial charge >= 0.3 is 0 Å². The zero-order valence-electron chi connectivity index (χ0n) is 14.9. The molecule has 140 valence electrons. The number of hydrogen-bond donors (Lipinski definition) is 1. The maximum Gasteiger partial charge on any atom is 0.264 e. The quantitative estimate of drug-likeness (QED) is 0.671. The van der Waals surface area contributed by atoms with Crippen molar-refractivity contribution in [3.05, 3.63) is 94.8 Å². The fraction of sp³-hybridized carbons (Fsp3) is 0.136. The van der Waals surface area contributed by atoms with Crippen molar-refractivity contribution in [2.24, 2.45) is 0 Å². The molecule has 4 rings (SSSR count). The number of Topliss-reactive ketones (excluding diaryl/α,β-unsaturated/α-hetero) is 1. The molecule has 5 nitrogen and oxygen atoms in total. The van der Waals surface area contributed by atoms with Crippen molar-refractivity contribution in [3.8, 4) is 0 Å². The first-order valence-electron chi connectivity index (χ1n) is 8.81. The van der Waals surface area contributed by atoms with Crippen LogP contribution in [-0.4, -0.2) is 21.8 Å². The third-order valence-electron chi connectivity index (χ3n) is 4.93. The summed E-state index contributed by atoms with van der Waals surface area (Å²) in [5.74, 6) is -0.885. The predicted molar refractivity (Wildman–Crippen MR) is 106 cm³/mol. The Balaban J connectivity index is 1.70. The van der Waals surface area contributed by atoms with Gasteiger partial charge in [-0.05, 0) is 29.8 Å². The van der Waals surface area contributed by atoms with E-state index in [1.807, 2.05) is 18.2 Å². The lowest BCUT2D eigenvalue weighted by molar-refractivity contribution is -0.136. The number of para-hydroxylation sites is 1. The second-order valence-electron chi connectivity index (χ2n) is 6.70. The monoisotopic (exact) mass is 392 g/mol. The highest BCUT2D eigenvalue weighted by atomic mass is 35.5. The van der Waals surface area contributed by atoms with Crippen molar-refractivity contribution in [2.75, 3.05) is 4.90 Å². The van der Waals surface area contributed by atoms with Gasteiger partial charge in [-0.25, -0.2) is 0 Å². The van der Waals surface area contributed by atoms with Crippen LogP contribution in [0, 0.1) is 0 Å². The molecule has 1 aliphatic rings. The molecule has 3 aromatic rings. The average molecular weight is 393 g/mol. The van der Waals surface area contributed by atoms with Gasteiger partial charge in [0.15, 0.2) is 11.4 Å². The molecule has 6 heteroatoms. The first-order valence-corrected chi connectivity index (χ1v) is 9.19. The van der Waals surface area contributed by atoms with Gasteiger partial charge in [-0.3, -0.25) is 14.6 Å². The summed E-state index contributed by atoms with van der Waals surface area (Å²) >= 11 is 6.25. The molecular formula is C22H17ClN2O3. The molecule has 1 atom stereocenters. The number of carbonyl (C=O) groups excluding carboxylic acids is 2. The van der Waals surface area contributed by atoms with Crippen LogP contribution in [0.5, 0.6) is 0 Å². The van der Waals surface area contributed by atoms with Gasteiger partial charge in [0.05, 0.1) is 18.7 Å². The highest BCUT2D eigenvalue weighted by Gasteiger charge is 2.50. The molecular weight excluding hydrogens is 376 g/mol. The Morgan fingerprint density at radius 1 is 1.07 bits per heavy atom. The van der Waals surface area contributed by atoms with E-state index in [1.54, 1.807) is 48.7 Å². The van der Waals surface area contributed by atoms with Crippen LogP contribution >= 0.6 is 11.6 Å². The van der Waals surface area contributed by atoms with Crippen LogP contribution in [0.2, 0.25) is 5.02 Å². The molecule has 2 heterocycles. The third-order valence-corrected chi connectivity index (χ3v) is 5.29. The van der Waals surface area contributed by atoms with Gasteiger partial charge in [0.1, 0.15) is 0 Å². The van der Waals surface area contributed by atoms with Gasteiger partial charge in [-0.2, -0.15) is 0 Å². The number of fused-ring (bicyclic) bond motifs is 1. The van der Waals surface area contributed by atoms with E-state index in [2.05, 4.69) is 4.98 Å². The van der Waals surface area contributed by atoms with Crippen molar-refractivity contribution in [3.63, 3.8) is 0 Å². The minimum atomic E-state index is -1.93. The van der Waals surface area contributed by atoms with Crippen molar-refractivity contribution in [2.45, 2.75) is 18.6 Å². The molecule has 2 aromatic carbocycles. The van der Waals surface area contributed by atoms with Gasteiger partial charge in [0, 0.05) is 28.5 Å². The lowest BCUT2D eigenvalue weighted by Crippen LogP contribution is -2.41. The molecule has 1 aromatic heterocycles. The number of amides is 1. The van der Waals surface area contributed by atoms with Gasteiger partial charge in [0.25, 0.3) is 5.91 Å². The zero-order valence-corrected chi connectivity index (χ0v) is 15.6. The van der Waals surface area contributed by atoms with Crippen LogP contribution in [0.15, 0.2) is 73.1 Å². The maximum atomic E-state index is 13.2. The SMILES string of the molecule is O=C(CC1(O)C(=O)N(Cc2ccccc2Cl)c2ccccc21)c1cccnc1. The maximum absolute atomic E-state index is 13.2. The van der Waals surface area contributed by atoms with Crippen LogP contribution in [0.3, 0.4) is 0 Å². The number of halogens is 1. The first-order chi connectivity index (χ1) is 13.5. The second-order valence-corrected chi connectivity index (χ2v) is 7.11. The van der Waals surface area contributed by atoms with E-state index < -0.39 is 11.5 Å². The largest absolute Gasteiger partial charge is 0.375 e. The number of carbonyl (C=O) groups is 2. The Morgan fingerprint density at radius 3 is 2.57 bits per heavy atom. The number of aromatic nitrogens is 1.